The molecule has 3 heteroatoms. The van der Waals surface area contributed by atoms with E-state index in [0.29, 0.717) is 6.61 Å². The molecule has 0 rings (SSSR count). The second kappa shape index (κ2) is 5.35. The average Bonchev–Trinajstić information content (AvgIpc) is 1.66. The summed E-state index contributed by atoms with van der Waals surface area (Å²) in [5.41, 5.74) is 0. The Morgan fingerprint density at radius 2 is 2.50 bits per heavy atom. The lowest BCUT2D eigenvalue weighted by Gasteiger charge is -1.99. The zero-order valence-corrected chi connectivity index (χ0v) is 6.68. The Labute approximate surface area is 62.4 Å². The quantitative estimate of drug-likeness (QED) is 0.427. The van der Waals surface area contributed by atoms with E-state index in [1.54, 1.807) is 6.92 Å². The van der Waals surface area contributed by atoms with Crippen molar-refractivity contribution < 1.29 is 9.84 Å². The summed E-state index contributed by atoms with van der Waals surface area (Å²) >= 11 is 1.91. The fraction of sp³-hybridized carbons (Fsp3) is 0.600. The zero-order valence-electron chi connectivity index (χ0n) is 4.52. The highest BCUT2D eigenvalue weighted by molar-refractivity contribution is 14.1. The largest absolute Gasteiger partial charge is 0.368 e. The molecule has 1 unspecified atom stereocenters. The first kappa shape index (κ1) is 8.21. The van der Waals surface area contributed by atoms with Crippen molar-refractivity contribution >= 4 is 22.6 Å². The standard InChI is InChI=1S/C5H7IO2/c1-5(7)8-4-2-3-6/h5,7H,4H2,1H3. The van der Waals surface area contributed by atoms with Crippen LogP contribution in [0.2, 0.25) is 0 Å². The van der Waals surface area contributed by atoms with Gasteiger partial charge in [-0.3, -0.25) is 0 Å². The first-order valence-electron chi connectivity index (χ1n) is 2.15. The topological polar surface area (TPSA) is 29.5 Å². The molecule has 0 heterocycles. The maximum Gasteiger partial charge on any atom is 0.153 e. The number of aliphatic hydroxyl groups is 1. The highest BCUT2D eigenvalue weighted by atomic mass is 127. The molecule has 0 bridgehead atoms. The van der Waals surface area contributed by atoms with Gasteiger partial charge in [-0.1, -0.05) is 5.92 Å². The summed E-state index contributed by atoms with van der Waals surface area (Å²) in [5.74, 6) is 2.63. The van der Waals surface area contributed by atoms with Gasteiger partial charge in [0, 0.05) is 22.6 Å². The Morgan fingerprint density at radius 3 is 2.88 bits per heavy atom. The van der Waals surface area contributed by atoms with Crippen LogP contribution in [0.1, 0.15) is 6.92 Å². The number of halogens is 1. The molecule has 0 spiro atoms. The normalized spacial score (nSPS) is 11.9. The summed E-state index contributed by atoms with van der Waals surface area (Å²) in [7, 11) is 0. The van der Waals surface area contributed by atoms with E-state index in [0.717, 1.165) is 0 Å². The van der Waals surface area contributed by atoms with E-state index in [9.17, 15) is 0 Å². The molecular formula is C5H7IO2. The predicted molar refractivity (Wildman–Crippen MR) is 39.4 cm³/mol. The SMILES string of the molecule is CC(O)OCC#CI. The summed E-state index contributed by atoms with van der Waals surface area (Å²) < 4.78 is 7.27. The maximum absolute atomic E-state index is 8.49. The molecule has 0 amide bonds. The van der Waals surface area contributed by atoms with E-state index >= 15 is 0 Å². The molecule has 0 fully saturated rings. The first-order valence-corrected chi connectivity index (χ1v) is 3.23. The van der Waals surface area contributed by atoms with Crippen molar-refractivity contribution in [1.29, 1.82) is 0 Å². The fourth-order valence-electron chi connectivity index (χ4n) is 0.190. The monoisotopic (exact) mass is 226 g/mol. The minimum atomic E-state index is -0.702. The molecule has 0 aromatic heterocycles. The molecule has 46 valence electrons. The van der Waals surface area contributed by atoms with Gasteiger partial charge in [-0.15, -0.1) is 0 Å². The predicted octanol–water partition coefficient (Wildman–Crippen LogP) is 0.737. The van der Waals surface area contributed by atoms with Crippen LogP contribution in [0.3, 0.4) is 0 Å². The highest BCUT2D eigenvalue weighted by Crippen LogP contribution is 1.81. The molecule has 0 aliphatic carbocycles. The number of rotatable bonds is 2. The fourth-order valence-corrected chi connectivity index (χ4v) is 0.345. The Hall–Kier alpha value is 0.210. The smallest absolute Gasteiger partial charge is 0.153 e. The van der Waals surface area contributed by atoms with Gasteiger partial charge in [-0.25, -0.2) is 0 Å². The van der Waals surface area contributed by atoms with Crippen molar-refractivity contribution in [2.24, 2.45) is 0 Å². The van der Waals surface area contributed by atoms with Crippen LogP contribution < -0.4 is 0 Å². The molecular weight excluding hydrogens is 219 g/mol. The Bertz CT molecular complexity index is 101. The lowest BCUT2D eigenvalue weighted by atomic mass is 10.7. The molecule has 0 saturated carbocycles. The summed E-state index contributed by atoms with van der Waals surface area (Å²) in [6, 6.07) is 0. The third kappa shape index (κ3) is 6.21. The first-order chi connectivity index (χ1) is 3.77. The molecule has 2 nitrogen and oxygen atoms in total. The van der Waals surface area contributed by atoms with Crippen molar-refractivity contribution in [3.05, 3.63) is 0 Å². The Kier molecular flexibility index (Phi) is 5.49. The van der Waals surface area contributed by atoms with Crippen LogP contribution in [-0.2, 0) is 4.74 Å². The van der Waals surface area contributed by atoms with Gasteiger partial charge in [-0.2, -0.15) is 0 Å². The van der Waals surface area contributed by atoms with E-state index in [1.165, 1.54) is 0 Å². The molecule has 0 radical (unpaired) electrons. The summed E-state index contributed by atoms with van der Waals surface area (Å²) in [6.07, 6.45) is -0.702. The molecule has 1 N–H and O–H groups in total. The number of ether oxygens (including phenoxy) is 1. The second-order valence-corrected chi connectivity index (χ2v) is 1.72. The van der Waals surface area contributed by atoms with Crippen LogP contribution in [-0.4, -0.2) is 18.0 Å². The number of hydrogen-bond acceptors (Lipinski definition) is 2. The average molecular weight is 226 g/mol. The molecule has 0 saturated heterocycles. The van der Waals surface area contributed by atoms with E-state index in [4.69, 9.17) is 5.11 Å². The molecule has 0 aliphatic rings. The third-order valence-corrected chi connectivity index (χ3v) is 0.845. The summed E-state index contributed by atoms with van der Waals surface area (Å²) in [4.78, 5) is 0. The van der Waals surface area contributed by atoms with E-state index < -0.39 is 6.29 Å². The van der Waals surface area contributed by atoms with Crippen molar-refractivity contribution in [2.75, 3.05) is 6.61 Å². The number of aliphatic hydroxyl groups excluding tert-OH is 1. The van der Waals surface area contributed by atoms with Gasteiger partial charge in [-0.05, 0) is 10.9 Å². The molecule has 1 atom stereocenters. The lowest BCUT2D eigenvalue weighted by Crippen LogP contribution is -2.05. The van der Waals surface area contributed by atoms with E-state index in [-0.39, 0.29) is 0 Å². The van der Waals surface area contributed by atoms with E-state index in [1.807, 2.05) is 22.6 Å². The van der Waals surface area contributed by atoms with Gasteiger partial charge in [0.05, 0.1) is 0 Å². The van der Waals surface area contributed by atoms with Gasteiger partial charge in [0.1, 0.15) is 6.61 Å². The van der Waals surface area contributed by atoms with E-state index in [2.05, 4.69) is 14.6 Å². The van der Waals surface area contributed by atoms with Crippen molar-refractivity contribution in [3.63, 3.8) is 0 Å². The van der Waals surface area contributed by atoms with Crippen molar-refractivity contribution in [2.45, 2.75) is 13.2 Å². The van der Waals surface area contributed by atoms with Crippen LogP contribution >= 0.6 is 22.6 Å². The molecule has 0 aromatic rings. The lowest BCUT2D eigenvalue weighted by molar-refractivity contribution is -0.0720. The van der Waals surface area contributed by atoms with Crippen LogP contribution in [0, 0.1) is 9.85 Å². The third-order valence-electron chi connectivity index (χ3n) is 0.464. The molecule has 0 aromatic carbocycles. The van der Waals surface area contributed by atoms with Crippen LogP contribution in [0.4, 0.5) is 0 Å². The Balaban J connectivity index is 3.01. The zero-order chi connectivity index (χ0) is 6.41. The highest BCUT2D eigenvalue weighted by Gasteiger charge is 1.87. The van der Waals surface area contributed by atoms with Crippen molar-refractivity contribution in [1.82, 2.24) is 0 Å². The molecule has 0 aliphatic heterocycles. The van der Waals surface area contributed by atoms with Crippen LogP contribution in [0.25, 0.3) is 0 Å². The van der Waals surface area contributed by atoms with Gasteiger partial charge >= 0.3 is 0 Å². The van der Waals surface area contributed by atoms with Gasteiger partial charge < -0.3 is 9.84 Å². The van der Waals surface area contributed by atoms with Gasteiger partial charge in [0.15, 0.2) is 6.29 Å². The summed E-state index contributed by atoms with van der Waals surface area (Å²) in [6.45, 7) is 1.86. The minimum Gasteiger partial charge on any atom is -0.368 e. The van der Waals surface area contributed by atoms with Crippen LogP contribution in [0.5, 0.6) is 0 Å². The molecule has 8 heavy (non-hydrogen) atoms. The minimum absolute atomic E-state index is 0.306. The second-order valence-electron chi connectivity index (χ2n) is 1.18. The summed E-state index contributed by atoms with van der Waals surface area (Å²) in [5, 5.41) is 8.49. The maximum atomic E-state index is 8.49. The van der Waals surface area contributed by atoms with Gasteiger partial charge in [0.2, 0.25) is 0 Å². The Morgan fingerprint density at radius 1 is 1.88 bits per heavy atom. The van der Waals surface area contributed by atoms with Crippen LogP contribution in [0.15, 0.2) is 0 Å². The van der Waals surface area contributed by atoms with Gasteiger partial charge in [0.25, 0.3) is 0 Å². The number of hydrogen-bond donors (Lipinski definition) is 1. The van der Waals surface area contributed by atoms with Crippen molar-refractivity contribution in [3.8, 4) is 9.85 Å².